The predicted molar refractivity (Wildman–Crippen MR) is 105 cm³/mol. The molecule has 3 rings (SSSR count). The number of aromatic nitrogens is 4. The summed E-state index contributed by atoms with van der Waals surface area (Å²) in [7, 11) is 1.93. The van der Waals surface area contributed by atoms with Gasteiger partial charge in [0.25, 0.3) is 5.91 Å². The predicted octanol–water partition coefficient (Wildman–Crippen LogP) is 3.35. The number of hydrogen-bond acceptors (Lipinski definition) is 3. The van der Waals surface area contributed by atoms with Gasteiger partial charge in [-0.3, -0.25) is 9.48 Å². The van der Waals surface area contributed by atoms with Crippen LogP contribution in [0.4, 0.5) is 0 Å². The Balaban J connectivity index is 1.91. The molecule has 0 spiro atoms. The summed E-state index contributed by atoms with van der Waals surface area (Å²) in [5.74, 6) is 1.14. The molecule has 27 heavy (non-hydrogen) atoms. The van der Waals surface area contributed by atoms with E-state index in [-0.39, 0.29) is 11.9 Å². The molecule has 2 heterocycles. The van der Waals surface area contributed by atoms with Crippen LogP contribution in [-0.4, -0.2) is 25.2 Å². The molecule has 0 unspecified atom stereocenters. The highest BCUT2D eigenvalue weighted by Gasteiger charge is 2.23. The average Bonchev–Trinajstić information content (AvgIpc) is 3.25. The molecule has 0 saturated carbocycles. The zero-order valence-corrected chi connectivity index (χ0v) is 16.4. The second-order valence-corrected chi connectivity index (χ2v) is 7.15. The van der Waals surface area contributed by atoms with Crippen molar-refractivity contribution in [3.05, 3.63) is 71.6 Å². The van der Waals surface area contributed by atoms with Gasteiger partial charge in [0.05, 0.1) is 5.69 Å². The highest BCUT2D eigenvalue weighted by atomic mass is 16.2. The first-order chi connectivity index (χ1) is 13.0. The molecular formula is C21H27N5O. The second-order valence-electron chi connectivity index (χ2n) is 7.15. The zero-order chi connectivity index (χ0) is 19.4. The van der Waals surface area contributed by atoms with E-state index in [4.69, 9.17) is 0 Å². The van der Waals surface area contributed by atoms with Crippen LogP contribution >= 0.6 is 0 Å². The molecule has 0 aliphatic heterocycles. The molecule has 1 atom stereocenters. The first kappa shape index (κ1) is 18.9. The van der Waals surface area contributed by atoms with Gasteiger partial charge in [-0.15, -0.1) is 0 Å². The topological polar surface area (TPSA) is 64.7 Å². The van der Waals surface area contributed by atoms with Gasteiger partial charge in [-0.25, -0.2) is 4.98 Å². The highest BCUT2D eigenvalue weighted by Crippen LogP contribution is 2.21. The molecule has 3 aromatic rings. The van der Waals surface area contributed by atoms with E-state index in [0.29, 0.717) is 18.2 Å². The Morgan fingerprint density at radius 2 is 1.96 bits per heavy atom. The van der Waals surface area contributed by atoms with E-state index >= 15 is 0 Å². The van der Waals surface area contributed by atoms with Crippen molar-refractivity contribution in [3.63, 3.8) is 0 Å². The number of carbonyl (C=O) groups is 1. The molecule has 0 bridgehead atoms. The van der Waals surface area contributed by atoms with Gasteiger partial charge < -0.3 is 9.88 Å². The van der Waals surface area contributed by atoms with Crippen LogP contribution in [0.25, 0.3) is 0 Å². The number of carbonyl (C=O) groups excluding carboxylic acids is 1. The van der Waals surface area contributed by atoms with Crippen LogP contribution in [0.3, 0.4) is 0 Å². The fraction of sp³-hybridized carbons (Fsp3) is 0.381. The monoisotopic (exact) mass is 365 g/mol. The lowest BCUT2D eigenvalue weighted by molar-refractivity contribution is 0.0930. The summed E-state index contributed by atoms with van der Waals surface area (Å²) in [4.78, 5) is 17.6. The van der Waals surface area contributed by atoms with Crippen LogP contribution in [0.2, 0.25) is 0 Å². The Labute approximate surface area is 160 Å². The molecule has 0 aliphatic carbocycles. The summed E-state index contributed by atoms with van der Waals surface area (Å²) in [6.45, 7) is 6.95. The Bertz CT molecular complexity index is 894. The van der Waals surface area contributed by atoms with E-state index in [1.165, 1.54) is 0 Å². The molecule has 142 valence electrons. The fourth-order valence-electron chi connectivity index (χ4n) is 3.21. The minimum Gasteiger partial charge on any atom is -0.337 e. The Kier molecular flexibility index (Phi) is 5.74. The average molecular weight is 365 g/mol. The lowest BCUT2D eigenvalue weighted by atomic mass is 10.1. The zero-order valence-electron chi connectivity index (χ0n) is 16.4. The lowest BCUT2D eigenvalue weighted by Gasteiger charge is -2.19. The number of amides is 1. The largest absolute Gasteiger partial charge is 0.337 e. The van der Waals surface area contributed by atoms with Crippen LogP contribution in [0.5, 0.6) is 0 Å². The molecule has 0 radical (unpaired) electrons. The normalized spacial score (nSPS) is 12.3. The van der Waals surface area contributed by atoms with Crippen molar-refractivity contribution >= 4 is 5.91 Å². The Hall–Kier alpha value is -2.89. The maximum atomic E-state index is 13.1. The molecule has 1 N–H and O–H groups in total. The van der Waals surface area contributed by atoms with Crippen LogP contribution in [0.1, 0.15) is 54.4 Å². The van der Waals surface area contributed by atoms with Gasteiger partial charge in [0.1, 0.15) is 17.6 Å². The van der Waals surface area contributed by atoms with E-state index in [1.54, 1.807) is 10.9 Å². The van der Waals surface area contributed by atoms with E-state index in [1.807, 2.05) is 61.1 Å². The van der Waals surface area contributed by atoms with Gasteiger partial charge in [-0.05, 0) is 30.9 Å². The van der Waals surface area contributed by atoms with E-state index in [9.17, 15) is 4.79 Å². The van der Waals surface area contributed by atoms with E-state index in [2.05, 4.69) is 29.2 Å². The van der Waals surface area contributed by atoms with Crippen LogP contribution in [-0.2, 0) is 20.0 Å². The summed E-state index contributed by atoms with van der Waals surface area (Å²) in [6.07, 6.45) is 4.48. The molecular weight excluding hydrogens is 338 g/mol. The van der Waals surface area contributed by atoms with Crippen LogP contribution in [0.15, 0.2) is 48.8 Å². The van der Waals surface area contributed by atoms with Crippen molar-refractivity contribution < 1.29 is 4.79 Å². The van der Waals surface area contributed by atoms with Crippen molar-refractivity contribution in [1.29, 1.82) is 0 Å². The van der Waals surface area contributed by atoms with Crippen molar-refractivity contribution in [3.8, 4) is 0 Å². The quantitative estimate of drug-likeness (QED) is 0.698. The Morgan fingerprint density at radius 1 is 1.22 bits per heavy atom. The third-order valence-corrected chi connectivity index (χ3v) is 4.51. The minimum absolute atomic E-state index is 0.142. The molecule has 1 amide bonds. The van der Waals surface area contributed by atoms with Gasteiger partial charge in [0, 0.05) is 26.0 Å². The summed E-state index contributed by atoms with van der Waals surface area (Å²) < 4.78 is 3.70. The third-order valence-electron chi connectivity index (χ3n) is 4.51. The number of benzene rings is 1. The molecule has 6 heteroatoms. The standard InChI is InChI=1S/C21H27N5O/c1-5-26-18(14-17(24-26)13-15(2)3)21(27)23-19(16-9-7-6-8-10-16)20-22-11-12-25(20)4/h6-12,14-15,19H,5,13H2,1-4H3,(H,23,27)/t19-/m0/s1. The first-order valence-electron chi connectivity index (χ1n) is 9.39. The van der Waals surface area contributed by atoms with Crippen molar-refractivity contribution in [2.75, 3.05) is 0 Å². The summed E-state index contributed by atoms with van der Waals surface area (Å²) >= 11 is 0. The molecule has 0 fully saturated rings. The molecule has 0 saturated heterocycles. The molecule has 6 nitrogen and oxygen atoms in total. The summed E-state index contributed by atoms with van der Waals surface area (Å²) in [5, 5.41) is 7.74. The number of nitrogens with zero attached hydrogens (tertiary/aromatic N) is 4. The summed E-state index contributed by atoms with van der Waals surface area (Å²) in [5.41, 5.74) is 2.53. The second kappa shape index (κ2) is 8.20. The van der Waals surface area contributed by atoms with Gasteiger partial charge in [-0.2, -0.15) is 5.10 Å². The van der Waals surface area contributed by atoms with Crippen molar-refractivity contribution in [2.45, 2.75) is 39.8 Å². The van der Waals surface area contributed by atoms with E-state index in [0.717, 1.165) is 23.5 Å². The minimum atomic E-state index is -0.326. The smallest absolute Gasteiger partial charge is 0.270 e. The van der Waals surface area contributed by atoms with Gasteiger partial charge in [0.2, 0.25) is 0 Å². The number of nitrogens with one attached hydrogen (secondary N) is 1. The van der Waals surface area contributed by atoms with E-state index < -0.39 is 0 Å². The lowest BCUT2D eigenvalue weighted by Crippen LogP contribution is -2.32. The van der Waals surface area contributed by atoms with Crippen LogP contribution in [0, 0.1) is 5.92 Å². The van der Waals surface area contributed by atoms with Crippen molar-refractivity contribution in [1.82, 2.24) is 24.6 Å². The highest BCUT2D eigenvalue weighted by molar-refractivity contribution is 5.93. The van der Waals surface area contributed by atoms with Crippen LogP contribution < -0.4 is 5.32 Å². The number of hydrogen-bond donors (Lipinski definition) is 1. The summed E-state index contributed by atoms with van der Waals surface area (Å²) in [6, 6.07) is 11.5. The SMILES string of the molecule is CCn1nc(CC(C)C)cc1C(=O)N[C@@H](c1ccccc1)c1nccn1C. The molecule has 0 aliphatic rings. The van der Waals surface area contributed by atoms with Gasteiger partial charge in [0.15, 0.2) is 0 Å². The molecule has 2 aromatic heterocycles. The maximum absolute atomic E-state index is 13.1. The first-order valence-corrected chi connectivity index (χ1v) is 9.39. The maximum Gasteiger partial charge on any atom is 0.270 e. The van der Waals surface area contributed by atoms with Gasteiger partial charge in [-0.1, -0.05) is 44.2 Å². The Morgan fingerprint density at radius 3 is 2.56 bits per heavy atom. The molecule has 1 aromatic carbocycles. The van der Waals surface area contributed by atoms with Crippen molar-refractivity contribution in [2.24, 2.45) is 13.0 Å². The number of imidazole rings is 1. The third kappa shape index (κ3) is 4.27. The fourth-order valence-corrected chi connectivity index (χ4v) is 3.21. The number of aryl methyl sites for hydroxylation is 2. The number of rotatable bonds is 7. The van der Waals surface area contributed by atoms with Gasteiger partial charge >= 0.3 is 0 Å².